The van der Waals surface area contributed by atoms with E-state index < -0.39 is 21.4 Å². The molecule has 8 heteroatoms. The molecule has 0 amide bonds. The van der Waals surface area contributed by atoms with Gasteiger partial charge >= 0.3 is 0 Å². The van der Waals surface area contributed by atoms with Gasteiger partial charge in [0.25, 0.3) is 5.56 Å². The van der Waals surface area contributed by atoms with Crippen molar-refractivity contribution in [3.63, 3.8) is 0 Å². The van der Waals surface area contributed by atoms with E-state index >= 15 is 0 Å². The number of carbonyl (C=O) groups excluding carboxylic acids is 1. The van der Waals surface area contributed by atoms with Crippen LogP contribution in [0, 0.1) is 6.92 Å². The second-order valence-electron chi connectivity index (χ2n) is 6.23. The van der Waals surface area contributed by atoms with Crippen molar-refractivity contribution in [3.05, 3.63) is 81.8 Å². The van der Waals surface area contributed by atoms with Crippen molar-refractivity contribution in [3.8, 4) is 5.69 Å². The zero-order valence-electron chi connectivity index (χ0n) is 15.1. The fourth-order valence-electron chi connectivity index (χ4n) is 2.71. The molecule has 1 heterocycles. The molecule has 0 aliphatic rings. The normalized spacial score (nSPS) is 11.7. The molecule has 140 valence electrons. The van der Waals surface area contributed by atoms with Crippen LogP contribution in [0.25, 0.3) is 5.69 Å². The Hall–Kier alpha value is -2.97. The molecular weight excluding hydrogens is 366 g/mol. The highest BCUT2D eigenvalue weighted by Crippen LogP contribution is 2.17. The van der Waals surface area contributed by atoms with Crippen molar-refractivity contribution in [1.82, 2.24) is 14.1 Å². The van der Waals surface area contributed by atoms with Gasteiger partial charge in [-0.2, -0.15) is 0 Å². The van der Waals surface area contributed by atoms with Gasteiger partial charge in [0.15, 0.2) is 5.78 Å². The number of nitrogens with one attached hydrogen (secondary N) is 1. The first-order chi connectivity index (χ1) is 12.7. The molecule has 0 bridgehead atoms. The maximum absolute atomic E-state index is 12.8. The summed E-state index contributed by atoms with van der Waals surface area (Å²) in [4.78, 5) is 25.6. The minimum absolute atomic E-state index is 0.0297. The lowest BCUT2D eigenvalue weighted by Gasteiger charge is -2.11. The van der Waals surface area contributed by atoms with E-state index in [1.807, 2.05) is 6.07 Å². The number of carbonyl (C=O) groups is 1. The van der Waals surface area contributed by atoms with Gasteiger partial charge in [0.2, 0.25) is 10.0 Å². The van der Waals surface area contributed by atoms with E-state index in [2.05, 4.69) is 5.10 Å². The van der Waals surface area contributed by atoms with Crippen LogP contribution in [0.4, 0.5) is 0 Å². The molecule has 0 fully saturated rings. The molecule has 3 rings (SSSR count). The van der Waals surface area contributed by atoms with Crippen LogP contribution in [-0.4, -0.2) is 42.4 Å². The van der Waals surface area contributed by atoms with Crippen molar-refractivity contribution in [1.29, 1.82) is 0 Å². The monoisotopic (exact) mass is 385 g/mol. The van der Waals surface area contributed by atoms with Crippen LogP contribution in [0.1, 0.15) is 21.6 Å². The largest absolute Gasteiger partial charge is 0.295 e. The summed E-state index contributed by atoms with van der Waals surface area (Å²) in [5, 5.41) is 2.91. The van der Waals surface area contributed by atoms with Crippen molar-refractivity contribution in [2.45, 2.75) is 11.8 Å². The second-order valence-corrected chi connectivity index (χ2v) is 8.38. The zero-order valence-corrected chi connectivity index (χ0v) is 15.9. The summed E-state index contributed by atoms with van der Waals surface area (Å²) in [5.41, 5.74) is 0.888. The molecule has 2 aromatic carbocycles. The van der Waals surface area contributed by atoms with Gasteiger partial charge in [-0.25, -0.2) is 17.4 Å². The quantitative estimate of drug-likeness (QED) is 0.680. The molecule has 0 saturated carbocycles. The average molecular weight is 385 g/mol. The maximum Gasteiger partial charge on any atom is 0.282 e. The molecular formula is C19H19N3O4S. The Kier molecular flexibility index (Phi) is 4.86. The Morgan fingerprint density at radius 2 is 1.59 bits per heavy atom. The van der Waals surface area contributed by atoms with E-state index in [-0.39, 0.29) is 16.0 Å². The van der Waals surface area contributed by atoms with Gasteiger partial charge in [-0.05, 0) is 43.3 Å². The summed E-state index contributed by atoms with van der Waals surface area (Å²) in [6.07, 6.45) is 0. The molecule has 0 atom stereocenters. The van der Waals surface area contributed by atoms with Gasteiger partial charge in [-0.15, -0.1) is 0 Å². The summed E-state index contributed by atoms with van der Waals surface area (Å²) >= 11 is 0. The van der Waals surface area contributed by atoms with E-state index in [9.17, 15) is 18.0 Å². The summed E-state index contributed by atoms with van der Waals surface area (Å²) in [6, 6.07) is 14.5. The van der Waals surface area contributed by atoms with Crippen molar-refractivity contribution in [2.24, 2.45) is 0 Å². The molecule has 0 radical (unpaired) electrons. The lowest BCUT2D eigenvalue weighted by Crippen LogP contribution is -2.22. The lowest BCUT2D eigenvalue weighted by molar-refractivity contribution is 0.103. The smallest absolute Gasteiger partial charge is 0.282 e. The van der Waals surface area contributed by atoms with Crippen molar-refractivity contribution < 1.29 is 13.2 Å². The third kappa shape index (κ3) is 3.36. The summed E-state index contributed by atoms with van der Waals surface area (Å²) in [7, 11) is -0.714. The van der Waals surface area contributed by atoms with E-state index in [1.165, 1.54) is 43.0 Å². The molecule has 0 spiro atoms. The number of nitrogens with zero attached hydrogens (tertiary/aromatic N) is 2. The van der Waals surface area contributed by atoms with Crippen LogP contribution in [0.15, 0.2) is 64.3 Å². The molecule has 7 nitrogen and oxygen atoms in total. The predicted octanol–water partition coefficient (Wildman–Crippen LogP) is 1.96. The molecule has 0 aliphatic carbocycles. The average Bonchev–Trinajstić information content (AvgIpc) is 2.96. The Morgan fingerprint density at radius 3 is 2.15 bits per heavy atom. The topological polar surface area (TPSA) is 92.2 Å². The van der Waals surface area contributed by atoms with Crippen molar-refractivity contribution in [2.75, 3.05) is 14.1 Å². The number of sulfonamides is 1. The minimum atomic E-state index is -3.58. The highest BCUT2D eigenvalue weighted by molar-refractivity contribution is 7.89. The number of para-hydroxylation sites is 1. The molecule has 3 aromatic rings. The molecule has 27 heavy (non-hydrogen) atoms. The lowest BCUT2D eigenvalue weighted by atomic mass is 10.0. The van der Waals surface area contributed by atoms with Crippen LogP contribution in [0.5, 0.6) is 0 Å². The SMILES string of the molecule is Cc1[nH]n(-c2ccccc2)c(=O)c1C(=O)c1ccc(S(=O)(=O)N(C)C)cc1. The number of H-pyrrole nitrogens is 1. The fraction of sp³-hybridized carbons (Fsp3) is 0.158. The molecule has 1 aromatic heterocycles. The number of aromatic nitrogens is 2. The van der Waals surface area contributed by atoms with Crippen LogP contribution in [0.3, 0.4) is 0 Å². The Morgan fingerprint density at radius 1 is 1.00 bits per heavy atom. The number of benzene rings is 2. The van der Waals surface area contributed by atoms with Gasteiger partial charge in [0.1, 0.15) is 5.56 Å². The van der Waals surface area contributed by atoms with E-state index in [0.29, 0.717) is 11.4 Å². The molecule has 0 saturated heterocycles. The summed E-state index contributed by atoms with van der Waals surface area (Å²) < 4.78 is 26.7. The highest BCUT2D eigenvalue weighted by Gasteiger charge is 2.22. The van der Waals surface area contributed by atoms with Crippen LogP contribution < -0.4 is 5.56 Å². The summed E-state index contributed by atoms with van der Waals surface area (Å²) in [6.45, 7) is 1.65. The molecule has 0 aliphatic heterocycles. The number of hydrogen-bond acceptors (Lipinski definition) is 4. The molecule has 1 N–H and O–H groups in total. The number of rotatable bonds is 5. The Labute approximate surface area is 156 Å². The highest BCUT2D eigenvalue weighted by atomic mass is 32.2. The van der Waals surface area contributed by atoms with Crippen LogP contribution in [-0.2, 0) is 10.0 Å². The van der Waals surface area contributed by atoms with E-state index in [1.54, 1.807) is 31.2 Å². The minimum Gasteiger partial charge on any atom is -0.295 e. The van der Waals surface area contributed by atoms with Crippen molar-refractivity contribution >= 4 is 15.8 Å². The first kappa shape index (κ1) is 18.8. The van der Waals surface area contributed by atoms with Gasteiger partial charge in [-0.3, -0.25) is 14.7 Å². The van der Waals surface area contributed by atoms with Gasteiger partial charge < -0.3 is 0 Å². The number of hydrogen-bond donors (Lipinski definition) is 1. The number of aryl methyl sites for hydroxylation is 1. The van der Waals surface area contributed by atoms with Crippen LogP contribution in [0.2, 0.25) is 0 Å². The predicted molar refractivity (Wildman–Crippen MR) is 102 cm³/mol. The first-order valence-electron chi connectivity index (χ1n) is 8.18. The maximum atomic E-state index is 12.8. The Bertz CT molecular complexity index is 1140. The standard InChI is InChI=1S/C19H19N3O4S/c1-13-17(19(24)22(20-13)15-7-5-4-6-8-15)18(23)14-9-11-16(12-10-14)27(25,26)21(2)3/h4-12,20H,1-3H3. The number of aromatic amines is 1. The Balaban J connectivity index is 2.00. The van der Waals surface area contributed by atoms with Gasteiger partial charge in [0, 0.05) is 25.4 Å². The zero-order chi connectivity index (χ0) is 19.8. The fourth-order valence-corrected chi connectivity index (χ4v) is 3.61. The third-order valence-corrected chi connectivity index (χ3v) is 6.04. The first-order valence-corrected chi connectivity index (χ1v) is 9.62. The van der Waals surface area contributed by atoms with Gasteiger partial charge in [0.05, 0.1) is 10.6 Å². The second kappa shape index (κ2) is 6.98. The summed E-state index contributed by atoms with van der Waals surface area (Å²) in [5.74, 6) is -0.461. The van der Waals surface area contributed by atoms with E-state index in [0.717, 1.165) is 4.31 Å². The molecule has 0 unspecified atom stereocenters. The van der Waals surface area contributed by atoms with Crippen LogP contribution >= 0.6 is 0 Å². The third-order valence-electron chi connectivity index (χ3n) is 4.21. The van der Waals surface area contributed by atoms with Gasteiger partial charge in [-0.1, -0.05) is 18.2 Å². The van der Waals surface area contributed by atoms with E-state index in [4.69, 9.17) is 0 Å². The number of ketones is 1.